The van der Waals surface area contributed by atoms with Crippen LogP contribution in [0.4, 0.5) is 0 Å². The van der Waals surface area contributed by atoms with Crippen LogP contribution in [0.2, 0.25) is 0 Å². The average molecular weight is 960 g/mol. The second-order valence-electron chi connectivity index (χ2n) is 31.0. The molecule has 2 aliphatic carbocycles. The van der Waals surface area contributed by atoms with Crippen molar-refractivity contribution in [2.45, 2.75) is 257 Å². The van der Waals surface area contributed by atoms with Gasteiger partial charge in [0.15, 0.2) is 0 Å². The van der Waals surface area contributed by atoms with Crippen LogP contribution < -0.4 is 16.0 Å². The highest BCUT2D eigenvalue weighted by atomic mass is 16.2. The Morgan fingerprint density at radius 1 is 0.456 bits per heavy atom. The molecule has 0 aromatic heterocycles. The molecule has 3 aliphatic rings. The van der Waals surface area contributed by atoms with E-state index >= 15 is 0 Å². The summed E-state index contributed by atoms with van der Waals surface area (Å²) in [5, 5.41) is 9.48. The Hall–Kier alpha value is -2.12. The predicted molar refractivity (Wildman–Crippen MR) is 293 cm³/mol. The first-order valence-corrected chi connectivity index (χ1v) is 27.3. The van der Waals surface area contributed by atoms with Gasteiger partial charge in [-0.05, 0) is 107 Å². The maximum Gasteiger partial charge on any atom is 0.226 e. The number of hydrogen-bond donors (Lipinski definition) is 3. The smallest absolute Gasteiger partial charge is 0.226 e. The van der Waals surface area contributed by atoms with Crippen molar-refractivity contribution in [3.05, 3.63) is 0 Å². The molecule has 1 aliphatic heterocycles. The topological polar surface area (TPSA) is 108 Å². The van der Waals surface area contributed by atoms with Crippen molar-refractivity contribution in [3.63, 3.8) is 0 Å². The minimum atomic E-state index is -0.000682. The van der Waals surface area contributed by atoms with Gasteiger partial charge in [-0.15, -0.1) is 0 Å². The van der Waals surface area contributed by atoms with Gasteiger partial charge < -0.3 is 20.9 Å². The lowest BCUT2D eigenvalue weighted by Gasteiger charge is -2.45. The van der Waals surface area contributed by atoms with E-state index in [1.807, 2.05) is 0 Å². The molecule has 402 valence electrons. The van der Waals surface area contributed by atoms with E-state index in [1.165, 1.54) is 51.4 Å². The number of hydrogen-bond acceptors (Lipinski definition) is 4. The van der Waals surface area contributed by atoms with Crippen LogP contribution in [0.1, 0.15) is 251 Å². The van der Waals surface area contributed by atoms with E-state index in [9.17, 15) is 19.2 Å². The molecule has 68 heavy (non-hydrogen) atoms. The van der Waals surface area contributed by atoms with Gasteiger partial charge in [-0.25, -0.2) is 0 Å². The second-order valence-corrected chi connectivity index (χ2v) is 31.0. The van der Waals surface area contributed by atoms with Crippen LogP contribution in [-0.4, -0.2) is 60.2 Å². The Kier molecular flexibility index (Phi) is 24.7. The Morgan fingerprint density at radius 3 is 1.04 bits per heavy atom. The molecule has 1 heterocycles. The summed E-state index contributed by atoms with van der Waals surface area (Å²) in [5.41, 5.74) is 0.155. The monoisotopic (exact) mass is 959 g/mol. The zero-order valence-corrected chi connectivity index (χ0v) is 50.4. The first-order chi connectivity index (χ1) is 30.2. The molecule has 1 saturated heterocycles. The Bertz CT molecular complexity index is 1470. The Morgan fingerprint density at radius 2 is 0.779 bits per heavy atom. The van der Waals surface area contributed by atoms with Crippen molar-refractivity contribution < 1.29 is 19.2 Å². The van der Waals surface area contributed by atoms with E-state index in [0.29, 0.717) is 11.8 Å². The molecule has 3 N–H and O–H groups in total. The predicted octanol–water partition coefficient (Wildman–Crippen LogP) is 14.9. The average Bonchev–Trinajstić information content (AvgIpc) is 3.31. The molecule has 3 rings (SSSR count). The van der Waals surface area contributed by atoms with Gasteiger partial charge in [-0.3, -0.25) is 19.2 Å². The largest absolute Gasteiger partial charge is 0.356 e. The molecule has 4 amide bonds. The van der Waals surface area contributed by atoms with Crippen molar-refractivity contribution in [3.8, 4) is 0 Å². The summed E-state index contributed by atoms with van der Waals surface area (Å²) in [5.74, 6) is 2.52. The third-order valence-electron chi connectivity index (χ3n) is 14.2. The van der Waals surface area contributed by atoms with Crippen LogP contribution >= 0.6 is 0 Å². The van der Waals surface area contributed by atoms with Gasteiger partial charge in [0.05, 0.1) is 0 Å². The van der Waals surface area contributed by atoms with Crippen LogP contribution in [0, 0.1) is 78.8 Å². The SMILES string of the molecule is CC(C)(C)C(C(=O)N1CCCCCC1)C(C)(C)C.CC(C)(C)C(C(=O)NCC1CCC1)C(C)(C)C.CC(C)CNC(=O)C(C(C)(C)C)C(C)(C)C.CC1(NC(=O)C(C(C)(C)C)C(C)(C)C)CCC1. The Labute approximate surface area is 423 Å². The molecule has 0 aromatic carbocycles. The van der Waals surface area contributed by atoms with Gasteiger partial charge in [0.1, 0.15) is 0 Å². The van der Waals surface area contributed by atoms with Crippen molar-refractivity contribution in [1.82, 2.24) is 20.9 Å². The van der Waals surface area contributed by atoms with Crippen LogP contribution in [0.3, 0.4) is 0 Å². The lowest BCUT2D eigenvalue weighted by Crippen LogP contribution is -2.56. The number of nitrogens with zero attached hydrogens (tertiary/aromatic N) is 1. The van der Waals surface area contributed by atoms with Crippen molar-refractivity contribution >= 4 is 23.6 Å². The molecular weight excluding hydrogens is 841 g/mol. The van der Waals surface area contributed by atoms with Crippen LogP contribution in [0.15, 0.2) is 0 Å². The maximum absolute atomic E-state index is 12.9. The fraction of sp³-hybridized carbons (Fsp3) is 0.933. The summed E-state index contributed by atoms with van der Waals surface area (Å²) >= 11 is 0. The number of carbonyl (C=O) groups excluding carboxylic acids is 4. The molecule has 0 spiro atoms. The van der Waals surface area contributed by atoms with Gasteiger partial charge in [-0.1, -0.05) is 199 Å². The number of carbonyl (C=O) groups is 4. The molecule has 0 aromatic rings. The van der Waals surface area contributed by atoms with Gasteiger partial charge in [0.25, 0.3) is 0 Å². The summed E-state index contributed by atoms with van der Waals surface area (Å²) < 4.78 is 0. The molecular formula is C60H118N4O4. The minimum absolute atomic E-state index is 0.000682. The quantitative estimate of drug-likeness (QED) is 0.214. The Balaban J connectivity index is 0.000000881. The van der Waals surface area contributed by atoms with E-state index in [-0.39, 0.29) is 90.3 Å². The lowest BCUT2D eigenvalue weighted by molar-refractivity contribution is -0.144. The standard InChI is InChI=1S/C16H31NO.2C15H29NO.C14H29NO/c1-15(2,3)13(16(4,5)6)14(18)17-11-9-7-8-10-12-17;1-13(2,3)11(14(4,5)6)12(17)16-15(7)9-8-10-15;1-14(2,3)12(15(4,5)6)13(17)16-10-11-8-7-9-11;1-10(2)9-15-12(16)11(13(3,4)5)14(6,7)8/h13H,7-12H2,1-6H3;11H,8-10H2,1-7H3,(H,16,17);11-12H,7-10H2,1-6H3,(H,16,17);10-11H,9H2,1-8H3,(H,15,16). The summed E-state index contributed by atoms with van der Waals surface area (Å²) in [6.45, 7) is 61.8. The molecule has 0 unspecified atom stereocenters. The summed E-state index contributed by atoms with van der Waals surface area (Å²) in [4.78, 5) is 52.1. The molecule has 8 heteroatoms. The normalized spacial score (nSPS) is 17.7. The van der Waals surface area contributed by atoms with Crippen LogP contribution in [0.25, 0.3) is 0 Å². The zero-order valence-electron chi connectivity index (χ0n) is 50.4. The van der Waals surface area contributed by atoms with Crippen molar-refractivity contribution in [1.29, 1.82) is 0 Å². The van der Waals surface area contributed by atoms with Gasteiger partial charge in [-0.2, -0.15) is 0 Å². The van der Waals surface area contributed by atoms with Crippen molar-refractivity contribution in [2.75, 3.05) is 26.2 Å². The molecule has 3 fully saturated rings. The lowest BCUT2D eigenvalue weighted by atomic mass is 9.65. The van der Waals surface area contributed by atoms with Gasteiger partial charge in [0, 0.05) is 55.4 Å². The van der Waals surface area contributed by atoms with E-state index < -0.39 is 0 Å². The third-order valence-corrected chi connectivity index (χ3v) is 14.2. The fourth-order valence-corrected chi connectivity index (χ4v) is 12.4. The fourth-order valence-electron chi connectivity index (χ4n) is 12.4. The summed E-state index contributed by atoms with van der Waals surface area (Å²) in [6, 6.07) is 0. The molecule has 8 nitrogen and oxygen atoms in total. The zero-order chi connectivity index (χ0) is 53.9. The van der Waals surface area contributed by atoms with E-state index in [0.717, 1.165) is 44.9 Å². The summed E-state index contributed by atoms with van der Waals surface area (Å²) in [7, 11) is 0. The van der Waals surface area contributed by atoms with E-state index in [1.54, 1.807) is 0 Å². The molecule has 0 radical (unpaired) electrons. The molecule has 0 bridgehead atoms. The second kappa shape index (κ2) is 25.5. The highest BCUT2D eigenvalue weighted by Crippen LogP contribution is 2.44. The highest BCUT2D eigenvalue weighted by molar-refractivity contribution is 5.82. The minimum Gasteiger partial charge on any atom is -0.356 e. The first kappa shape index (κ1) is 65.9. The first-order valence-electron chi connectivity index (χ1n) is 27.3. The van der Waals surface area contributed by atoms with Crippen molar-refractivity contribution in [2.24, 2.45) is 78.8 Å². The third kappa shape index (κ3) is 23.4. The number of amides is 4. The maximum atomic E-state index is 12.9. The number of rotatable bonds is 9. The van der Waals surface area contributed by atoms with E-state index in [2.05, 4.69) is 208 Å². The summed E-state index contributed by atoms with van der Waals surface area (Å²) in [6.07, 6.45) is 12.3. The highest BCUT2D eigenvalue weighted by Gasteiger charge is 2.45. The molecule has 2 saturated carbocycles. The van der Waals surface area contributed by atoms with Gasteiger partial charge >= 0.3 is 0 Å². The van der Waals surface area contributed by atoms with E-state index in [4.69, 9.17) is 0 Å². The number of likely N-dealkylation sites (tertiary alicyclic amines) is 1. The number of nitrogens with one attached hydrogen (secondary N) is 3. The van der Waals surface area contributed by atoms with Gasteiger partial charge in [0.2, 0.25) is 23.6 Å². The van der Waals surface area contributed by atoms with Crippen LogP contribution in [0.5, 0.6) is 0 Å². The molecule has 0 atom stereocenters. The van der Waals surface area contributed by atoms with Crippen LogP contribution in [-0.2, 0) is 19.2 Å².